The summed E-state index contributed by atoms with van der Waals surface area (Å²) in [6.45, 7) is 1.97. The molecule has 5 nitrogen and oxygen atoms in total. The predicted molar refractivity (Wildman–Crippen MR) is 92.6 cm³/mol. The molecule has 0 radical (unpaired) electrons. The Morgan fingerprint density at radius 3 is 2.75 bits per heavy atom. The molecule has 126 valence electrons. The van der Waals surface area contributed by atoms with Gasteiger partial charge in [0.15, 0.2) is 0 Å². The van der Waals surface area contributed by atoms with Gasteiger partial charge in [-0.05, 0) is 62.8 Å². The molecule has 1 saturated heterocycles. The number of aryl methyl sites for hydroxylation is 2. The molecule has 1 amide bonds. The number of nitrogens with zero attached hydrogens (tertiary/aromatic N) is 2. The van der Waals surface area contributed by atoms with Crippen LogP contribution in [-0.2, 0) is 19.4 Å². The van der Waals surface area contributed by atoms with Crippen LogP contribution in [0.15, 0.2) is 24.3 Å². The van der Waals surface area contributed by atoms with Gasteiger partial charge in [0.2, 0.25) is 5.91 Å². The molecule has 24 heavy (non-hydrogen) atoms. The van der Waals surface area contributed by atoms with E-state index in [0.29, 0.717) is 11.6 Å². The van der Waals surface area contributed by atoms with Crippen molar-refractivity contribution in [2.24, 2.45) is 5.73 Å². The number of hydrogen-bond acceptors (Lipinski definition) is 3. The lowest BCUT2D eigenvalue weighted by atomic mass is 10.0. The second kappa shape index (κ2) is 6.40. The van der Waals surface area contributed by atoms with Crippen LogP contribution in [0.1, 0.15) is 64.9 Å². The number of imidazole rings is 1. The van der Waals surface area contributed by atoms with E-state index in [-0.39, 0.29) is 5.91 Å². The number of benzene rings is 1. The summed E-state index contributed by atoms with van der Waals surface area (Å²) in [4.78, 5) is 22.2. The van der Waals surface area contributed by atoms with Crippen LogP contribution >= 0.6 is 0 Å². The number of fused-ring (bicyclic) bond motifs is 1. The number of carbonyl (C=O) groups is 1. The Morgan fingerprint density at radius 2 is 2.00 bits per heavy atom. The third-order valence-electron chi connectivity index (χ3n) is 5.28. The van der Waals surface area contributed by atoms with Crippen LogP contribution in [0.5, 0.6) is 0 Å². The minimum Gasteiger partial charge on any atom is -0.366 e. The first-order valence-corrected chi connectivity index (χ1v) is 8.91. The van der Waals surface area contributed by atoms with E-state index in [9.17, 15) is 4.79 Å². The zero-order valence-electron chi connectivity index (χ0n) is 13.9. The van der Waals surface area contributed by atoms with Crippen molar-refractivity contribution >= 4 is 5.91 Å². The van der Waals surface area contributed by atoms with Crippen molar-refractivity contribution < 1.29 is 4.79 Å². The van der Waals surface area contributed by atoms with Gasteiger partial charge >= 0.3 is 0 Å². The predicted octanol–water partition coefficient (Wildman–Crippen LogP) is 2.72. The number of H-pyrrole nitrogens is 1. The summed E-state index contributed by atoms with van der Waals surface area (Å²) in [7, 11) is 0. The highest BCUT2D eigenvalue weighted by atomic mass is 16.1. The van der Waals surface area contributed by atoms with Gasteiger partial charge in [-0.3, -0.25) is 9.69 Å². The van der Waals surface area contributed by atoms with E-state index >= 15 is 0 Å². The summed E-state index contributed by atoms with van der Waals surface area (Å²) in [5, 5.41) is 0. The van der Waals surface area contributed by atoms with Gasteiger partial charge in [0.25, 0.3) is 0 Å². The number of aromatic nitrogens is 2. The zero-order chi connectivity index (χ0) is 16.5. The van der Waals surface area contributed by atoms with Crippen molar-refractivity contribution in [3.8, 4) is 0 Å². The van der Waals surface area contributed by atoms with Gasteiger partial charge in [0.05, 0.1) is 11.7 Å². The quantitative estimate of drug-likeness (QED) is 0.908. The molecule has 2 heterocycles. The minimum atomic E-state index is -0.373. The Bertz CT molecular complexity index is 711. The number of aromatic amines is 1. The van der Waals surface area contributed by atoms with Crippen LogP contribution in [-0.4, -0.2) is 27.3 Å². The minimum absolute atomic E-state index is 0.373. The number of rotatable bonds is 4. The number of primary amides is 1. The molecule has 1 aromatic heterocycles. The largest absolute Gasteiger partial charge is 0.366 e. The van der Waals surface area contributed by atoms with Gasteiger partial charge in [-0.15, -0.1) is 0 Å². The lowest BCUT2D eigenvalue weighted by Gasteiger charge is -2.23. The first-order valence-electron chi connectivity index (χ1n) is 8.91. The molecule has 1 fully saturated rings. The summed E-state index contributed by atoms with van der Waals surface area (Å²) >= 11 is 0. The lowest BCUT2D eigenvalue weighted by Crippen LogP contribution is -2.23. The van der Waals surface area contributed by atoms with Crippen molar-refractivity contribution in [1.82, 2.24) is 14.9 Å². The van der Waals surface area contributed by atoms with Crippen molar-refractivity contribution in [3.05, 3.63) is 52.6 Å². The smallest absolute Gasteiger partial charge is 0.248 e. The van der Waals surface area contributed by atoms with Gasteiger partial charge in [0.1, 0.15) is 5.82 Å². The Morgan fingerprint density at radius 1 is 1.21 bits per heavy atom. The molecule has 4 rings (SSSR count). The highest BCUT2D eigenvalue weighted by Crippen LogP contribution is 2.33. The number of amides is 1. The summed E-state index contributed by atoms with van der Waals surface area (Å²) < 4.78 is 0. The van der Waals surface area contributed by atoms with Crippen LogP contribution in [0, 0.1) is 0 Å². The maximum Gasteiger partial charge on any atom is 0.248 e. The normalized spacial score (nSPS) is 20.9. The number of hydrogen-bond donors (Lipinski definition) is 2. The summed E-state index contributed by atoms with van der Waals surface area (Å²) in [5.74, 6) is 0.773. The SMILES string of the molecule is NC(=O)c1ccc(CN2CCCC2c2nc3c([nH]2)CCCC3)cc1. The summed E-state index contributed by atoms with van der Waals surface area (Å²) in [5.41, 5.74) is 9.73. The summed E-state index contributed by atoms with van der Waals surface area (Å²) in [6, 6.07) is 8.01. The molecule has 0 spiro atoms. The first kappa shape index (κ1) is 15.4. The zero-order valence-corrected chi connectivity index (χ0v) is 13.9. The molecule has 0 saturated carbocycles. The molecule has 2 aromatic rings. The maximum absolute atomic E-state index is 11.2. The van der Waals surface area contributed by atoms with E-state index < -0.39 is 0 Å². The van der Waals surface area contributed by atoms with E-state index in [2.05, 4.69) is 9.88 Å². The van der Waals surface area contributed by atoms with Crippen molar-refractivity contribution in [2.75, 3.05) is 6.54 Å². The maximum atomic E-state index is 11.2. The first-order chi connectivity index (χ1) is 11.7. The standard InChI is InChI=1S/C19H24N4O/c20-18(24)14-9-7-13(8-10-14)12-23-11-3-6-17(23)19-21-15-4-1-2-5-16(15)22-19/h7-10,17H,1-6,11-12H2,(H2,20,24)(H,21,22). The van der Waals surface area contributed by atoms with Gasteiger partial charge in [0, 0.05) is 17.8 Å². The lowest BCUT2D eigenvalue weighted by molar-refractivity contribution is 0.100. The molecule has 1 atom stereocenters. The highest BCUT2D eigenvalue weighted by molar-refractivity contribution is 5.92. The van der Waals surface area contributed by atoms with Crippen LogP contribution < -0.4 is 5.73 Å². The number of nitrogens with two attached hydrogens (primary N) is 1. The van der Waals surface area contributed by atoms with Crippen LogP contribution in [0.3, 0.4) is 0 Å². The third-order valence-corrected chi connectivity index (χ3v) is 5.28. The molecule has 1 aliphatic heterocycles. The Kier molecular flexibility index (Phi) is 4.10. The Balaban J connectivity index is 1.50. The van der Waals surface area contributed by atoms with E-state index in [4.69, 9.17) is 10.7 Å². The van der Waals surface area contributed by atoms with Crippen molar-refractivity contribution in [1.29, 1.82) is 0 Å². The van der Waals surface area contributed by atoms with Gasteiger partial charge < -0.3 is 10.7 Å². The molecule has 2 aliphatic rings. The second-order valence-corrected chi connectivity index (χ2v) is 6.94. The molecular formula is C19H24N4O. The van der Waals surface area contributed by atoms with E-state index in [1.807, 2.05) is 24.3 Å². The van der Waals surface area contributed by atoms with E-state index in [1.54, 1.807) is 0 Å². The average molecular weight is 324 g/mol. The van der Waals surface area contributed by atoms with Gasteiger partial charge in [-0.1, -0.05) is 12.1 Å². The van der Waals surface area contributed by atoms with Crippen LogP contribution in [0.25, 0.3) is 0 Å². The molecule has 3 N–H and O–H groups in total. The summed E-state index contributed by atoms with van der Waals surface area (Å²) in [6.07, 6.45) is 7.16. The highest BCUT2D eigenvalue weighted by Gasteiger charge is 2.29. The topological polar surface area (TPSA) is 75.0 Å². The molecule has 1 unspecified atom stereocenters. The van der Waals surface area contributed by atoms with Crippen molar-refractivity contribution in [3.63, 3.8) is 0 Å². The average Bonchev–Trinajstić information content (AvgIpc) is 3.21. The monoisotopic (exact) mass is 324 g/mol. The molecule has 1 aliphatic carbocycles. The van der Waals surface area contributed by atoms with Crippen LogP contribution in [0.4, 0.5) is 0 Å². The molecule has 0 bridgehead atoms. The Hall–Kier alpha value is -2.14. The number of nitrogens with one attached hydrogen (secondary N) is 1. The number of carbonyl (C=O) groups excluding carboxylic acids is 1. The fourth-order valence-electron chi connectivity index (χ4n) is 3.97. The fourth-order valence-corrected chi connectivity index (χ4v) is 3.97. The molecule has 1 aromatic carbocycles. The molecule has 5 heteroatoms. The van der Waals surface area contributed by atoms with E-state index in [0.717, 1.165) is 38.2 Å². The second-order valence-electron chi connectivity index (χ2n) is 6.94. The van der Waals surface area contributed by atoms with Crippen LogP contribution in [0.2, 0.25) is 0 Å². The molecular weight excluding hydrogens is 300 g/mol. The fraction of sp³-hybridized carbons (Fsp3) is 0.474. The third kappa shape index (κ3) is 2.96. The van der Waals surface area contributed by atoms with Crippen molar-refractivity contribution in [2.45, 2.75) is 51.1 Å². The van der Waals surface area contributed by atoms with Gasteiger partial charge in [-0.25, -0.2) is 4.98 Å². The van der Waals surface area contributed by atoms with Gasteiger partial charge in [-0.2, -0.15) is 0 Å². The number of likely N-dealkylation sites (tertiary alicyclic amines) is 1. The van der Waals surface area contributed by atoms with E-state index in [1.165, 1.54) is 36.2 Å². The Labute approximate surface area is 142 Å².